The topological polar surface area (TPSA) is 26.0 Å². The monoisotopic (exact) mass is 241 g/mol. The number of rotatable bonds is 4. The summed E-state index contributed by atoms with van der Waals surface area (Å²) in [7, 11) is 0. The number of benzene rings is 1. The van der Waals surface area contributed by atoms with Gasteiger partial charge in [-0.3, -0.25) is 0 Å². The summed E-state index contributed by atoms with van der Waals surface area (Å²) in [6, 6.07) is 8.39. The van der Waals surface area contributed by atoms with Gasteiger partial charge in [-0.05, 0) is 24.0 Å². The number of aryl methyl sites for hydroxylation is 1. The Kier molecular flexibility index (Phi) is 4.46. The molecular weight excluding hydrogens is 226 g/mol. The molecule has 1 rings (SSSR count). The Morgan fingerprint density at radius 3 is 2.46 bits per heavy atom. The van der Waals surface area contributed by atoms with Crippen molar-refractivity contribution in [2.75, 3.05) is 0 Å². The van der Waals surface area contributed by atoms with Gasteiger partial charge in [0.25, 0.3) is 0 Å². The van der Waals surface area contributed by atoms with E-state index >= 15 is 0 Å². The molecule has 0 amide bonds. The molecule has 0 bridgehead atoms. The van der Waals surface area contributed by atoms with Gasteiger partial charge >= 0.3 is 0 Å². The molecule has 72 valence electrons. The molecule has 0 aliphatic rings. The second-order valence-electron chi connectivity index (χ2n) is 3.29. The van der Waals surface area contributed by atoms with Gasteiger partial charge in [0.05, 0.1) is 0 Å². The van der Waals surface area contributed by atoms with Gasteiger partial charge in [-0.15, -0.1) is 0 Å². The lowest BCUT2D eigenvalue weighted by Gasteiger charge is -2.08. The molecule has 13 heavy (non-hydrogen) atoms. The predicted molar refractivity (Wildman–Crippen MR) is 61.0 cm³/mol. The molecule has 1 nitrogen and oxygen atoms in total. The SMILES string of the molecule is C[C@H](Br)CCc1ccccc1CN. The van der Waals surface area contributed by atoms with Crippen LogP contribution in [0.4, 0.5) is 0 Å². The van der Waals surface area contributed by atoms with Crippen LogP contribution >= 0.6 is 15.9 Å². The molecule has 0 aliphatic heterocycles. The first kappa shape index (κ1) is 10.7. The lowest BCUT2D eigenvalue weighted by molar-refractivity contribution is 0.810. The molecule has 0 aromatic heterocycles. The van der Waals surface area contributed by atoms with Gasteiger partial charge in [0.2, 0.25) is 0 Å². The summed E-state index contributed by atoms with van der Waals surface area (Å²) in [5.74, 6) is 0. The molecule has 0 aliphatic carbocycles. The van der Waals surface area contributed by atoms with Crippen LogP contribution in [0.15, 0.2) is 24.3 Å². The number of nitrogens with two attached hydrogens (primary N) is 1. The Bertz CT molecular complexity index is 258. The Balaban J connectivity index is 2.64. The van der Waals surface area contributed by atoms with E-state index in [4.69, 9.17) is 5.73 Å². The summed E-state index contributed by atoms with van der Waals surface area (Å²) in [6.07, 6.45) is 2.27. The van der Waals surface area contributed by atoms with Crippen LogP contribution in [0.25, 0.3) is 0 Å². The van der Waals surface area contributed by atoms with E-state index in [1.54, 1.807) is 0 Å². The zero-order chi connectivity index (χ0) is 9.68. The van der Waals surface area contributed by atoms with Gasteiger partial charge in [0.15, 0.2) is 0 Å². The van der Waals surface area contributed by atoms with Crippen LogP contribution < -0.4 is 5.73 Å². The van der Waals surface area contributed by atoms with Crippen LogP contribution in [0, 0.1) is 0 Å². The molecule has 2 N–H and O–H groups in total. The summed E-state index contributed by atoms with van der Waals surface area (Å²) < 4.78 is 0. The molecule has 0 radical (unpaired) electrons. The highest BCUT2D eigenvalue weighted by molar-refractivity contribution is 9.09. The molecule has 0 saturated carbocycles. The second kappa shape index (κ2) is 5.40. The molecular formula is C11H16BrN. The first-order valence-corrected chi connectivity index (χ1v) is 5.56. The summed E-state index contributed by atoms with van der Waals surface area (Å²) in [5.41, 5.74) is 8.30. The van der Waals surface area contributed by atoms with Crippen LogP contribution in [0.1, 0.15) is 24.5 Å². The summed E-state index contributed by atoms with van der Waals surface area (Å²) >= 11 is 3.55. The zero-order valence-corrected chi connectivity index (χ0v) is 9.55. The number of hydrogen-bond acceptors (Lipinski definition) is 1. The van der Waals surface area contributed by atoms with Crippen molar-refractivity contribution >= 4 is 15.9 Å². The largest absolute Gasteiger partial charge is 0.326 e. The molecule has 0 heterocycles. The van der Waals surface area contributed by atoms with Crippen molar-refractivity contribution in [2.45, 2.75) is 31.1 Å². The predicted octanol–water partition coefficient (Wildman–Crippen LogP) is 2.86. The molecule has 2 heteroatoms. The number of halogens is 1. The van der Waals surface area contributed by atoms with Crippen molar-refractivity contribution in [2.24, 2.45) is 5.73 Å². The highest BCUT2D eigenvalue weighted by atomic mass is 79.9. The van der Waals surface area contributed by atoms with E-state index in [2.05, 4.69) is 41.1 Å². The number of hydrogen-bond donors (Lipinski definition) is 1. The zero-order valence-electron chi connectivity index (χ0n) is 7.96. The van der Waals surface area contributed by atoms with E-state index in [0.29, 0.717) is 11.4 Å². The van der Waals surface area contributed by atoms with Gasteiger partial charge in [0.1, 0.15) is 0 Å². The fourth-order valence-corrected chi connectivity index (χ4v) is 1.58. The van der Waals surface area contributed by atoms with E-state index in [1.165, 1.54) is 11.1 Å². The lowest BCUT2D eigenvalue weighted by Crippen LogP contribution is -2.03. The first-order chi connectivity index (χ1) is 6.24. The van der Waals surface area contributed by atoms with Crippen molar-refractivity contribution in [3.8, 4) is 0 Å². The Morgan fingerprint density at radius 1 is 1.31 bits per heavy atom. The van der Waals surface area contributed by atoms with Gasteiger partial charge < -0.3 is 5.73 Å². The summed E-state index contributed by atoms with van der Waals surface area (Å²) in [4.78, 5) is 0.582. The Morgan fingerprint density at radius 2 is 1.92 bits per heavy atom. The summed E-state index contributed by atoms with van der Waals surface area (Å²) in [5, 5.41) is 0. The maximum atomic E-state index is 5.65. The van der Waals surface area contributed by atoms with Crippen molar-refractivity contribution in [1.82, 2.24) is 0 Å². The standard InChI is InChI=1S/C11H16BrN/c1-9(12)6-7-10-4-2-3-5-11(10)8-13/h2-5,9H,6-8,13H2,1H3/t9-/m0/s1. The minimum absolute atomic E-state index is 0.582. The smallest absolute Gasteiger partial charge is 0.0180 e. The van der Waals surface area contributed by atoms with Crippen molar-refractivity contribution in [3.63, 3.8) is 0 Å². The van der Waals surface area contributed by atoms with E-state index in [1.807, 2.05) is 6.07 Å². The molecule has 0 spiro atoms. The van der Waals surface area contributed by atoms with Crippen molar-refractivity contribution < 1.29 is 0 Å². The third-order valence-corrected chi connectivity index (χ3v) is 2.61. The van der Waals surface area contributed by atoms with Gasteiger partial charge in [0, 0.05) is 11.4 Å². The van der Waals surface area contributed by atoms with E-state index in [0.717, 1.165) is 12.8 Å². The second-order valence-corrected chi connectivity index (χ2v) is 4.86. The van der Waals surface area contributed by atoms with E-state index in [9.17, 15) is 0 Å². The van der Waals surface area contributed by atoms with E-state index < -0.39 is 0 Å². The highest BCUT2D eigenvalue weighted by Gasteiger charge is 2.01. The molecule has 0 fully saturated rings. The van der Waals surface area contributed by atoms with Gasteiger partial charge in [-0.1, -0.05) is 47.1 Å². The minimum atomic E-state index is 0.582. The average molecular weight is 242 g/mol. The highest BCUT2D eigenvalue weighted by Crippen LogP contribution is 2.14. The first-order valence-electron chi connectivity index (χ1n) is 4.65. The van der Waals surface area contributed by atoms with Crippen LogP contribution in [-0.2, 0) is 13.0 Å². The van der Waals surface area contributed by atoms with Gasteiger partial charge in [-0.2, -0.15) is 0 Å². The Labute approximate surface area is 88.5 Å². The molecule has 0 saturated heterocycles. The quantitative estimate of drug-likeness (QED) is 0.807. The van der Waals surface area contributed by atoms with Crippen LogP contribution in [0.5, 0.6) is 0 Å². The Hall–Kier alpha value is -0.340. The van der Waals surface area contributed by atoms with Crippen LogP contribution in [0.2, 0.25) is 0 Å². The average Bonchev–Trinajstić information content (AvgIpc) is 2.15. The third kappa shape index (κ3) is 3.49. The molecule has 1 atom stereocenters. The maximum Gasteiger partial charge on any atom is 0.0180 e. The third-order valence-electron chi connectivity index (χ3n) is 2.15. The van der Waals surface area contributed by atoms with Crippen molar-refractivity contribution in [1.29, 1.82) is 0 Å². The van der Waals surface area contributed by atoms with Crippen LogP contribution in [0.3, 0.4) is 0 Å². The number of alkyl halides is 1. The van der Waals surface area contributed by atoms with Crippen molar-refractivity contribution in [3.05, 3.63) is 35.4 Å². The van der Waals surface area contributed by atoms with Gasteiger partial charge in [-0.25, -0.2) is 0 Å². The summed E-state index contributed by atoms with van der Waals surface area (Å²) in [6.45, 7) is 2.82. The molecule has 0 unspecified atom stereocenters. The fraction of sp³-hybridized carbons (Fsp3) is 0.455. The van der Waals surface area contributed by atoms with Crippen LogP contribution in [-0.4, -0.2) is 4.83 Å². The fourth-order valence-electron chi connectivity index (χ4n) is 1.35. The normalized spacial score (nSPS) is 12.8. The lowest BCUT2D eigenvalue weighted by atomic mass is 10.0. The molecule has 1 aromatic carbocycles. The van der Waals surface area contributed by atoms with E-state index in [-0.39, 0.29) is 0 Å². The minimum Gasteiger partial charge on any atom is -0.326 e. The molecule has 1 aromatic rings. The maximum absolute atomic E-state index is 5.65.